The smallest absolute Gasteiger partial charge is 0.408 e. The van der Waals surface area contributed by atoms with E-state index in [-0.39, 0.29) is 32.1 Å². The highest BCUT2D eigenvalue weighted by Crippen LogP contribution is 2.24. The Labute approximate surface area is 180 Å². The number of hydrogen-bond acceptors (Lipinski definition) is 5. The monoisotopic (exact) mass is 443 g/mol. The van der Waals surface area contributed by atoms with Crippen molar-refractivity contribution in [3.8, 4) is 0 Å². The Bertz CT molecular complexity index is 1300. The van der Waals surface area contributed by atoms with Gasteiger partial charge in [0, 0.05) is 26.2 Å². The van der Waals surface area contributed by atoms with Crippen LogP contribution in [0, 0.1) is 13.8 Å². The molecule has 4 rings (SSSR count). The minimum atomic E-state index is -3.64. The molecule has 1 saturated heterocycles. The fourth-order valence-corrected chi connectivity index (χ4v) is 5.73. The van der Waals surface area contributed by atoms with Crippen molar-refractivity contribution in [3.63, 3.8) is 0 Å². The van der Waals surface area contributed by atoms with Crippen LogP contribution in [-0.2, 0) is 14.8 Å². The topological polar surface area (TPSA) is 92.8 Å². The molecule has 0 bridgehead atoms. The van der Waals surface area contributed by atoms with Gasteiger partial charge in [-0.05, 0) is 50.1 Å². The molecule has 1 aliphatic rings. The summed E-state index contributed by atoms with van der Waals surface area (Å²) in [5, 5.41) is 0. The molecular weight excluding hydrogens is 418 g/mol. The van der Waals surface area contributed by atoms with Gasteiger partial charge in [-0.2, -0.15) is 4.31 Å². The van der Waals surface area contributed by atoms with Gasteiger partial charge >= 0.3 is 5.76 Å². The number of para-hydroxylation sites is 2. The average Bonchev–Trinajstić information content (AvgIpc) is 3.10. The van der Waals surface area contributed by atoms with Gasteiger partial charge in [-0.3, -0.25) is 9.36 Å². The summed E-state index contributed by atoms with van der Waals surface area (Å²) < 4.78 is 34.2. The molecule has 2 aromatic carbocycles. The van der Waals surface area contributed by atoms with Gasteiger partial charge in [0.2, 0.25) is 15.9 Å². The van der Waals surface area contributed by atoms with Crippen molar-refractivity contribution in [1.82, 2.24) is 13.8 Å². The first-order chi connectivity index (χ1) is 14.7. The van der Waals surface area contributed by atoms with Crippen LogP contribution < -0.4 is 5.76 Å². The number of aromatic nitrogens is 1. The summed E-state index contributed by atoms with van der Waals surface area (Å²) in [7, 11) is -3.64. The van der Waals surface area contributed by atoms with Crippen molar-refractivity contribution in [1.29, 1.82) is 0 Å². The quantitative estimate of drug-likeness (QED) is 0.617. The summed E-state index contributed by atoms with van der Waals surface area (Å²) in [6.07, 6.45) is 0. The maximum Gasteiger partial charge on any atom is 0.420 e. The maximum atomic E-state index is 13.1. The van der Waals surface area contributed by atoms with Crippen LogP contribution in [0.15, 0.2) is 56.6 Å². The minimum Gasteiger partial charge on any atom is -0.408 e. The molecule has 1 atom stereocenters. The third-order valence-corrected chi connectivity index (χ3v) is 7.82. The second-order valence-corrected chi connectivity index (χ2v) is 9.79. The predicted molar refractivity (Wildman–Crippen MR) is 116 cm³/mol. The van der Waals surface area contributed by atoms with E-state index in [4.69, 9.17) is 4.42 Å². The summed E-state index contributed by atoms with van der Waals surface area (Å²) in [4.78, 5) is 27.3. The first-order valence-electron chi connectivity index (χ1n) is 10.2. The van der Waals surface area contributed by atoms with E-state index < -0.39 is 21.8 Å². The molecule has 2 heterocycles. The first kappa shape index (κ1) is 21.3. The third kappa shape index (κ3) is 3.79. The van der Waals surface area contributed by atoms with Crippen LogP contribution in [0.3, 0.4) is 0 Å². The van der Waals surface area contributed by atoms with Crippen LogP contribution in [0.2, 0.25) is 0 Å². The van der Waals surface area contributed by atoms with E-state index in [9.17, 15) is 18.0 Å². The highest BCUT2D eigenvalue weighted by atomic mass is 32.2. The zero-order chi connectivity index (χ0) is 22.3. The number of sulfonamides is 1. The zero-order valence-corrected chi connectivity index (χ0v) is 18.6. The normalized spacial score (nSPS) is 16.5. The Morgan fingerprint density at radius 3 is 2.42 bits per heavy atom. The molecule has 31 heavy (non-hydrogen) atoms. The molecule has 164 valence electrons. The van der Waals surface area contributed by atoms with Gasteiger partial charge < -0.3 is 9.32 Å². The van der Waals surface area contributed by atoms with Crippen molar-refractivity contribution in [3.05, 3.63) is 64.1 Å². The van der Waals surface area contributed by atoms with Crippen LogP contribution in [0.25, 0.3) is 11.1 Å². The van der Waals surface area contributed by atoms with E-state index in [1.54, 1.807) is 55.1 Å². The molecule has 1 fully saturated rings. The number of amides is 1. The molecule has 0 spiro atoms. The van der Waals surface area contributed by atoms with E-state index in [2.05, 4.69) is 0 Å². The Hall–Kier alpha value is -2.91. The lowest BCUT2D eigenvalue weighted by molar-refractivity contribution is -0.135. The van der Waals surface area contributed by atoms with Crippen LogP contribution >= 0.6 is 0 Å². The number of oxazole rings is 1. The maximum absolute atomic E-state index is 13.1. The Morgan fingerprint density at radius 1 is 1.03 bits per heavy atom. The molecule has 3 aromatic rings. The summed E-state index contributed by atoms with van der Waals surface area (Å²) in [6, 6.07) is 11.6. The van der Waals surface area contributed by atoms with Crippen LogP contribution in [0.1, 0.15) is 24.1 Å². The third-order valence-electron chi connectivity index (χ3n) is 5.78. The van der Waals surface area contributed by atoms with Gasteiger partial charge in [0.25, 0.3) is 0 Å². The van der Waals surface area contributed by atoms with E-state index in [0.717, 1.165) is 5.56 Å². The van der Waals surface area contributed by atoms with Gasteiger partial charge in [-0.15, -0.1) is 0 Å². The molecule has 1 aromatic heterocycles. The summed E-state index contributed by atoms with van der Waals surface area (Å²) in [5.74, 6) is -0.823. The fraction of sp³-hybridized carbons (Fsp3) is 0.364. The number of fused-ring (bicyclic) bond motifs is 1. The highest BCUT2D eigenvalue weighted by Gasteiger charge is 2.33. The first-order valence-corrected chi connectivity index (χ1v) is 11.6. The van der Waals surface area contributed by atoms with E-state index in [1.807, 2.05) is 13.0 Å². The van der Waals surface area contributed by atoms with E-state index in [0.29, 0.717) is 21.6 Å². The fourth-order valence-electron chi connectivity index (χ4n) is 4.00. The number of hydrogen-bond donors (Lipinski definition) is 0. The van der Waals surface area contributed by atoms with Gasteiger partial charge in [-0.1, -0.05) is 24.3 Å². The molecular formula is C22H25N3O5S. The standard InChI is InChI=1S/C22H25N3O5S/c1-15-8-9-16(2)20(14-15)31(28,29)24-12-10-23(11-13-24)21(26)17(3)25-18-6-4-5-7-19(18)30-22(25)27/h4-9,14,17H,10-13H2,1-3H3. The SMILES string of the molecule is Cc1ccc(C)c(S(=O)(=O)N2CCN(C(=O)C(C)n3c(=O)oc4ccccc43)CC2)c1. The van der Waals surface area contributed by atoms with Crippen molar-refractivity contribution < 1.29 is 17.6 Å². The van der Waals surface area contributed by atoms with E-state index in [1.165, 1.54) is 8.87 Å². The molecule has 1 unspecified atom stereocenters. The Kier molecular flexibility index (Phi) is 5.49. The lowest BCUT2D eigenvalue weighted by Gasteiger charge is -2.35. The lowest BCUT2D eigenvalue weighted by Crippen LogP contribution is -2.52. The van der Waals surface area contributed by atoms with Crippen LogP contribution in [0.5, 0.6) is 0 Å². The number of rotatable bonds is 4. The zero-order valence-electron chi connectivity index (χ0n) is 17.7. The van der Waals surface area contributed by atoms with Crippen LogP contribution in [0.4, 0.5) is 0 Å². The molecule has 0 N–H and O–H groups in total. The lowest BCUT2D eigenvalue weighted by atomic mass is 10.2. The van der Waals surface area contributed by atoms with Crippen molar-refractivity contribution in [2.45, 2.75) is 31.7 Å². The van der Waals surface area contributed by atoms with Crippen molar-refractivity contribution in [2.24, 2.45) is 0 Å². The largest absolute Gasteiger partial charge is 0.420 e. The van der Waals surface area contributed by atoms with Gasteiger partial charge in [0.1, 0.15) is 6.04 Å². The second-order valence-electron chi connectivity index (χ2n) is 7.88. The van der Waals surface area contributed by atoms with Gasteiger partial charge in [0.05, 0.1) is 10.4 Å². The van der Waals surface area contributed by atoms with Gasteiger partial charge in [0.15, 0.2) is 5.58 Å². The number of aryl methyl sites for hydroxylation is 2. The van der Waals surface area contributed by atoms with Crippen molar-refractivity contribution in [2.75, 3.05) is 26.2 Å². The minimum absolute atomic E-state index is 0.204. The molecule has 0 saturated carbocycles. The van der Waals surface area contributed by atoms with E-state index >= 15 is 0 Å². The number of carbonyl (C=O) groups excluding carboxylic acids is 1. The molecule has 1 aliphatic heterocycles. The summed E-state index contributed by atoms with van der Waals surface area (Å²) in [6.45, 7) is 6.23. The highest BCUT2D eigenvalue weighted by molar-refractivity contribution is 7.89. The summed E-state index contributed by atoms with van der Waals surface area (Å²) in [5.41, 5.74) is 2.56. The number of carbonyl (C=O) groups is 1. The Morgan fingerprint density at radius 2 is 1.71 bits per heavy atom. The molecule has 0 radical (unpaired) electrons. The molecule has 1 amide bonds. The van der Waals surface area contributed by atoms with Gasteiger partial charge in [-0.25, -0.2) is 13.2 Å². The average molecular weight is 444 g/mol. The molecule has 8 nitrogen and oxygen atoms in total. The van der Waals surface area contributed by atoms with Crippen LogP contribution in [-0.4, -0.2) is 54.3 Å². The second kappa shape index (κ2) is 7.97. The van der Waals surface area contributed by atoms with Crippen molar-refractivity contribution >= 4 is 27.0 Å². The summed E-state index contributed by atoms with van der Waals surface area (Å²) >= 11 is 0. The molecule has 9 heteroatoms. The molecule has 0 aliphatic carbocycles. The number of nitrogens with zero attached hydrogens (tertiary/aromatic N) is 3. The number of piperazine rings is 1. The predicted octanol–water partition coefficient (Wildman–Crippen LogP) is 2.31. The number of benzene rings is 2. The Balaban J connectivity index is 1.51.